The Labute approximate surface area is 156 Å². The summed E-state index contributed by atoms with van der Waals surface area (Å²) in [7, 11) is 0. The highest BCUT2D eigenvalue weighted by atomic mass is 16.1. The molecule has 6 nitrogen and oxygen atoms in total. The van der Waals surface area contributed by atoms with Crippen LogP contribution in [-0.2, 0) is 0 Å². The molecule has 132 valence electrons. The molecule has 0 bridgehead atoms. The lowest BCUT2D eigenvalue weighted by molar-refractivity contribution is 0.112. The summed E-state index contributed by atoms with van der Waals surface area (Å²) in [6.45, 7) is 2.06. The zero-order valence-corrected chi connectivity index (χ0v) is 14.7. The van der Waals surface area contributed by atoms with Gasteiger partial charge in [0.2, 0.25) is 5.95 Å². The molecule has 2 heterocycles. The molecule has 0 spiro atoms. The van der Waals surface area contributed by atoms with Crippen LogP contribution < -0.4 is 5.32 Å². The molecular formula is C21H17N5O. The van der Waals surface area contributed by atoms with Crippen molar-refractivity contribution in [3.05, 3.63) is 78.1 Å². The standard InChI is InChI=1S/C21H17N5O/c1-14-2-6-16(7-3-14)20-18(12-23-26-20)19-10-11-22-21(25-19)24-17-8-4-15(13-27)5-9-17/h2-13H,1H3,(H,23,26)(H,22,24,25). The van der Waals surface area contributed by atoms with Crippen molar-refractivity contribution in [2.75, 3.05) is 5.32 Å². The second-order valence-electron chi connectivity index (χ2n) is 6.16. The number of hydrogen-bond donors (Lipinski definition) is 2. The molecule has 6 heteroatoms. The van der Waals surface area contributed by atoms with Gasteiger partial charge in [0.25, 0.3) is 0 Å². The molecule has 0 saturated carbocycles. The number of aromatic nitrogens is 4. The lowest BCUT2D eigenvalue weighted by atomic mass is 10.0. The number of hydrogen-bond acceptors (Lipinski definition) is 5. The van der Waals surface area contributed by atoms with Gasteiger partial charge in [-0.05, 0) is 37.3 Å². The highest BCUT2D eigenvalue weighted by Gasteiger charge is 2.12. The number of H-pyrrole nitrogens is 1. The average molecular weight is 355 g/mol. The Morgan fingerprint density at radius 2 is 1.78 bits per heavy atom. The van der Waals surface area contributed by atoms with Crippen molar-refractivity contribution in [3.8, 4) is 22.5 Å². The third-order valence-electron chi connectivity index (χ3n) is 4.21. The van der Waals surface area contributed by atoms with Gasteiger partial charge in [0, 0.05) is 28.6 Å². The topological polar surface area (TPSA) is 83.6 Å². The van der Waals surface area contributed by atoms with E-state index < -0.39 is 0 Å². The first-order chi connectivity index (χ1) is 13.2. The van der Waals surface area contributed by atoms with Gasteiger partial charge in [-0.2, -0.15) is 5.10 Å². The molecule has 0 atom stereocenters. The van der Waals surface area contributed by atoms with Crippen molar-refractivity contribution in [1.82, 2.24) is 20.2 Å². The number of rotatable bonds is 5. The number of benzene rings is 2. The van der Waals surface area contributed by atoms with Crippen LogP contribution in [0.5, 0.6) is 0 Å². The first kappa shape index (κ1) is 16.7. The molecule has 0 amide bonds. The van der Waals surface area contributed by atoms with Gasteiger partial charge in [-0.25, -0.2) is 9.97 Å². The summed E-state index contributed by atoms with van der Waals surface area (Å²) in [6, 6.07) is 17.2. The highest BCUT2D eigenvalue weighted by Crippen LogP contribution is 2.29. The van der Waals surface area contributed by atoms with Crippen molar-refractivity contribution in [2.24, 2.45) is 0 Å². The molecule has 0 fully saturated rings. The van der Waals surface area contributed by atoms with E-state index >= 15 is 0 Å². The van der Waals surface area contributed by atoms with E-state index in [4.69, 9.17) is 0 Å². The Morgan fingerprint density at radius 3 is 2.52 bits per heavy atom. The molecule has 27 heavy (non-hydrogen) atoms. The summed E-state index contributed by atoms with van der Waals surface area (Å²) in [4.78, 5) is 19.6. The molecule has 0 aliphatic heterocycles. The summed E-state index contributed by atoms with van der Waals surface area (Å²) in [5.74, 6) is 0.474. The molecule has 2 aromatic carbocycles. The monoisotopic (exact) mass is 355 g/mol. The lowest BCUT2D eigenvalue weighted by Crippen LogP contribution is -1.98. The van der Waals surface area contributed by atoms with Crippen LogP contribution in [0.25, 0.3) is 22.5 Å². The van der Waals surface area contributed by atoms with Gasteiger partial charge in [0.05, 0.1) is 17.6 Å². The van der Waals surface area contributed by atoms with Crippen LogP contribution in [0.3, 0.4) is 0 Å². The van der Waals surface area contributed by atoms with E-state index in [1.807, 2.05) is 18.2 Å². The quantitative estimate of drug-likeness (QED) is 0.519. The Kier molecular flexibility index (Phi) is 4.45. The van der Waals surface area contributed by atoms with Crippen LogP contribution in [0, 0.1) is 6.92 Å². The Bertz CT molecular complexity index is 1070. The summed E-state index contributed by atoms with van der Waals surface area (Å²) >= 11 is 0. The summed E-state index contributed by atoms with van der Waals surface area (Å²) in [5, 5.41) is 10.4. The van der Waals surface area contributed by atoms with Crippen molar-refractivity contribution < 1.29 is 4.79 Å². The number of aldehydes is 1. The van der Waals surface area contributed by atoms with Crippen LogP contribution in [0.15, 0.2) is 67.0 Å². The van der Waals surface area contributed by atoms with Crippen LogP contribution in [0.1, 0.15) is 15.9 Å². The maximum Gasteiger partial charge on any atom is 0.227 e. The number of carbonyl (C=O) groups is 1. The molecule has 2 N–H and O–H groups in total. The van der Waals surface area contributed by atoms with E-state index in [1.165, 1.54) is 5.56 Å². The van der Waals surface area contributed by atoms with E-state index in [0.29, 0.717) is 11.5 Å². The molecule has 0 radical (unpaired) electrons. The summed E-state index contributed by atoms with van der Waals surface area (Å²) in [5.41, 5.74) is 6.26. The zero-order chi connectivity index (χ0) is 18.6. The molecule has 0 aliphatic carbocycles. The van der Waals surface area contributed by atoms with Crippen molar-refractivity contribution in [3.63, 3.8) is 0 Å². The molecule has 0 aliphatic rings. The summed E-state index contributed by atoms with van der Waals surface area (Å²) < 4.78 is 0. The Morgan fingerprint density at radius 1 is 1.00 bits per heavy atom. The molecule has 0 saturated heterocycles. The largest absolute Gasteiger partial charge is 0.324 e. The first-order valence-corrected chi connectivity index (χ1v) is 8.49. The van der Waals surface area contributed by atoms with Gasteiger partial charge < -0.3 is 5.32 Å². The van der Waals surface area contributed by atoms with E-state index in [9.17, 15) is 4.79 Å². The molecule has 2 aromatic heterocycles. The normalized spacial score (nSPS) is 10.6. The van der Waals surface area contributed by atoms with Gasteiger partial charge in [-0.3, -0.25) is 9.89 Å². The van der Waals surface area contributed by atoms with Gasteiger partial charge in [0.1, 0.15) is 6.29 Å². The fourth-order valence-electron chi connectivity index (χ4n) is 2.76. The van der Waals surface area contributed by atoms with E-state index in [-0.39, 0.29) is 0 Å². The van der Waals surface area contributed by atoms with Gasteiger partial charge >= 0.3 is 0 Å². The molecule has 4 rings (SSSR count). The van der Waals surface area contributed by atoms with Crippen LogP contribution in [0.2, 0.25) is 0 Å². The fourth-order valence-corrected chi connectivity index (χ4v) is 2.76. The average Bonchev–Trinajstić information content (AvgIpc) is 3.19. The van der Waals surface area contributed by atoms with E-state index in [0.717, 1.165) is 34.5 Å². The Hall–Kier alpha value is -3.80. The molecular weight excluding hydrogens is 338 g/mol. The Balaban J connectivity index is 1.64. The van der Waals surface area contributed by atoms with E-state index in [2.05, 4.69) is 56.7 Å². The van der Waals surface area contributed by atoms with E-state index in [1.54, 1.807) is 24.5 Å². The van der Waals surface area contributed by atoms with Crippen molar-refractivity contribution >= 4 is 17.9 Å². The van der Waals surface area contributed by atoms with Crippen molar-refractivity contribution in [1.29, 1.82) is 0 Å². The predicted octanol–water partition coefficient (Wildman–Crippen LogP) is 4.40. The second kappa shape index (κ2) is 7.21. The number of aromatic amines is 1. The van der Waals surface area contributed by atoms with Gasteiger partial charge in [-0.15, -0.1) is 0 Å². The van der Waals surface area contributed by atoms with Crippen LogP contribution in [0.4, 0.5) is 11.6 Å². The minimum atomic E-state index is 0.474. The number of nitrogens with zero attached hydrogens (tertiary/aromatic N) is 3. The van der Waals surface area contributed by atoms with Gasteiger partial charge in [0.15, 0.2) is 0 Å². The minimum absolute atomic E-state index is 0.474. The molecule has 0 unspecified atom stereocenters. The highest BCUT2D eigenvalue weighted by molar-refractivity contribution is 5.79. The second-order valence-corrected chi connectivity index (χ2v) is 6.16. The minimum Gasteiger partial charge on any atom is -0.324 e. The van der Waals surface area contributed by atoms with Crippen LogP contribution in [-0.4, -0.2) is 26.5 Å². The molecule has 4 aromatic rings. The number of anilines is 2. The first-order valence-electron chi connectivity index (χ1n) is 8.49. The third kappa shape index (κ3) is 3.59. The third-order valence-corrected chi connectivity index (χ3v) is 4.21. The van der Waals surface area contributed by atoms with Crippen LogP contribution >= 0.6 is 0 Å². The number of aryl methyl sites for hydroxylation is 1. The SMILES string of the molecule is Cc1ccc(-c2[nH]ncc2-c2ccnc(Nc3ccc(C=O)cc3)n2)cc1. The smallest absolute Gasteiger partial charge is 0.227 e. The zero-order valence-electron chi connectivity index (χ0n) is 14.7. The maximum absolute atomic E-state index is 10.8. The van der Waals surface area contributed by atoms with Gasteiger partial charge in [-0.1, -0.05) is 29.8 Å². The predicted molar refractivity (Wildman–Crippen MR) is 105 cm³/mol. The number of nitrogens with one attached hydrogen (secondary N) is 2. The summed E-state index contributed by atoms with van der Waals surface area (Å²) in [6.07, 6.45) is 4.28. The lowest BCUT2D eigenvalue weighted by Gasteiger charge is -2.07. The van der Waals surface area contributed by atoms with Crippen molar-refractivity contribution in [2.45, 2.75) is 6.92 Å². The number of carbonyl (C=O) groups excluding carboxylic acids is 1. The fraction of sp³-hybridized carbons (Fsp3) is 0.0476. The maximum atomic E-state index is 10.8.